The van der Waals surface area contributed by atoms with Crippen molar-refractivity contribution in [1.82, 2.24) is 4.31 Å². The Kier molecular flexibility index (Phi) is 4.21. The maximum Gasteiger partial charge on any atom is 0.243 e. The van der Waals surface area contributed by atoms with Crippen LogP contribution in [0.2, 0.25) is 5.02 Å². The normalized spacial score (nSPS) is 28.3. The third-order valence-corrected chi connectivity index (χ3v) is 6.04. The predicted molar refractivity (Wildman–Crippen MR) is 83.5 cm³/mol. The highest BCUT2D eigenvalue weighted by Crippen LogP contribution is 2.37. The second-order valence-electron chi connectivity index (χ2n) is 6.73. The summed E-state index contributed by atoms with van der Waals surface area (Å²) in [4.78, 5) is -0.144. The van der Waals surface area contributed by atoms with Gasteiger partial charge in [-0.15, -0.1) is 0 Å². The summed E-state index contributed by atoms with van der Waals surface area (Å²) in [5, 5.41) is 0.0509. The zero-order valence-electron chi connectivity index (χ0n) is 13.0. The number of hydrogen-bond acceptors (Lipinski definition) is 4. The number of rotatable bonds is 2. The molecule has 128 valence electrons. The molecular weight excluding hydrogens is 345 g/mol. The number of morpholine rings is 1. The molecule has 1 aromatic carbocycles. The smallest absolute Gasteiger partial charge is 0.243 e. The molecule has 2 heterocycles. The fraction of sp³-hybridized carbons (Fsp3) is 0.600. The molecule has 8 heteroatoms. The van der Waals surface area contributed by atoms with Crippen molar-refractivity contribution < 1.29 is 22.3 Å². The molecule has 0 N–H and O–H groups in total. The average Bonchev–Trinajstić information content (AvgIpc) is 2.83. The molecule has 0 aliphatic carbocycles. The van der Waals surface area contributed by atoms with Gasteiger partial charge in [-0.2, -0.15) is 4.31 Å². The second-order valence-corrected chi connectivity index (χ2v) is 9.10. The molecule has 1 atom stereocenters. The van der Waals surface area contributed by atoms with Gasteiger partial charge in [-0.25, -0.2) is 12.8 Å². The standard InChI is InChI=1S/C15H19ClFNO4S/c1-14(2)8-18(9-15(22-14)3-4-21-10-15)23(19,20)13-6-11(16)5-12(17)7-13/h5-7H,3-4,8-10H2,1-2H3. The van der Waals surface area contributed by atoms with Crippen molar-refractivity contribution >= 4 is 21.6 Å². The lowest BCUT2D eigenvalue weighted by Gasteiger charge is -2.47. The third-order valence-electron chi connectivity index (χ3n) is 4.06. The van der Waals surface area contributed by atoms with Gasteiger partial charge in [0.25, 0.3) is 0 Å². The van der Waals surface area contributed by atoms with E-state index in [0.717, 1.165) is 12.1 Å². The van der Waals surface area contributed by atoms with Crippen molar-refractivity contribution in [2.24, 2.45) is 0 Å². The van der Waals surface area contributed by atoms with Gasteiger partial charge in [0, 0.05) is 31.1 Å². The monoisotopic (exact) mass is 363 g/mol. The van der Waals surface area contributed by atoms with Crippen molar-refractivity contribution in [3.63, 3.8) is 0 Å². The Balaban J connectivity index is 1.98. The fourth-order valence-corrected chi connectivity index (χ4v) is 5.25. The van der Waals surface area contributed by atoms with Crippen LogP contribution in [-0.4, -0.2) is 50.2 Å². The quantitative estimate of drug-likeness (QED) is 0.809. The van der Waals surface area contributed by atoms with Crippen LogP contribution in [0.25, 0.3) is 0 Å². The summed E-state index contributed by atoms with van der Waals surface area (Å²) >= 11 is 5.80. The van der Waals surface area contributed by atoms with Crippen LogP contribution < -0.4 is 0 Å². The molecule has 0 saturated carbocycles. The summed E-state index contributed by atoms with van der Waals surface area (Å²) in [7, 11) is -3.87. The van der Waals surface area contributed by atoms with E-state index < -0.39 is 27.0 Å². The van der Waals surface area contributed by atoms with E-state index in [1.165, 1.54) is 10.4 Å². The van der Waals surface area contributed by atoms with Gasteiger partial charge in [-0.1, -0.05) is 11.6 Å². The van der Waals surface area contributed by atoms with E-state index in [1.54, 1.807) is 0 Å². The molecule has 0 amide bonds. The van der Waals surface area contributed by atoms with Gasteiger partial charge < -0.3 is 9.47 Å². The lowest BCUT2D eigenvalue weighted by atomic mass is 9.97. The first kappa shape index (κ1) is 17.1. The van der Waals surface area contributed by atoms with Crippen molar-refractivity contribution in [1.29, 1.82) is 0 Å². The van der Waals surface area contributed by atoms with Crippen LogP contribution in [0.5, 0.6) is 0 Å². The third kappa shape index (κ3) is 3.39. The fourth-order valence-electron chi connectivity index (χ4n) is 3.24. The lowest BCUT2D eigenvalue weighted by molar-refractivity contribution is -0.180. The minimum Gasteiger partial charge on any atom is -0.378 e. The topological polar surface area (TPSA) is 55.8 Å². The SMILES string of the molecule is CC1(C)CN(S(=O)(=O)c2cc(F)cc(Cl)c2)CC2(CCOC2)O1. The molecule has 2 saturated heterocycles. The van der Waals surface area contributed by atoms with Gasteiger partial charge in [0.05, 0.1) is 17.1 Å². The highest BCUT2D eigenvalue weighted by molar-refractivity contribution is 7.89. The van der Waals surface area contributed by atoms with Crippen LogP contribution in [0, 0.1) is 5.82 Å². The van der Waals surface area contributed by atoms with Gasteiger partial charge in [0.15, 0.2) is 0 Å². The van der Waals surface area contributed by atoms with E-state index in [4.69, 9.17) is 21.1 Å². The molecule has 0 bridgehead atoms. The first-order valence-electron chi connectivity index (χ1n) is 7.36. The maximum absolute atomic E-state index is 13.6. The summed E-state index contributed by atoms with van der Waals surface area (Å²) in [5.41, 5.74) is -1.30. The maximum atomic E-state index is 13.6. The molecule has 1 aromatic rings. The van der Waals surface area contributed by atoms with Crippen molar-refractivity contribution in [3.8, 4) is 0 Å². The van der Waals surface area contributed by atoms with Crippen molar-refractivity contribution in [2.75, 3.05) is 26.3 Å². The molecular formula is C15H19ClFNO4S. The van der Waals surface area contributed by atoms with Crippen LogP contribution in [0.4, 0.5) is 4.39 Å². The van der Waals surface area contributed by atoms with Crippen LogP contribution in [0.3, 0.4) is 0 Å². The number of benzene rings is 1. The van der Waals surface area contributed by atoms with Gasteiger partial charge >= 0.3 is 0 Å². The molecule has 2 aliphatic rings. The van der Waals surface area contributed by atoms with Crippen molar-refractivity contribution in [3.05, 3.63) is 29.0 Å². The molecule has 3 rings (SSSR count). The lowest BCUT2D eigenvalue weighted by Crippen LogP contribution is -2.61. The Labute approximate surface area is 140 Å². The molecule has 0 radical (unpaired) electrons. The van der Waals surface area contributed by atoms with Crippen LogP contribution in [0.15, 0.2) is 23.1 Å². The van der Waals surface area contributed by atoms with E-state index in [9.17, 15) is 12.8 Å². The first-order chi connectivity index (χ1) is 10.6. The molecule has 0 aromatic heterocycles. The first-order valence-corrected chi connectivity index (χ1v) is 9.18. The summed E-state index contributed by atoms with van der Waals surface area (Å²) in [6.45, 7) is 4.95. The summed E-state index contributed by atoms with van der Waals surface area (Å²) < 4.78 is 52.3. The van der Waals surface area contributed by atoms with Gasteiger partial charge in [-0.05, 0) is 32.0 Å². The number of halogens is 2. The van der Waals surface area contributed by atoms with E-state index in [0.29, 0.717) is 19.6 Å². The Morgan fingerprint density at radius 3 is 2.61 bits per heavy atom. The van der Waals surface area contributed by atoms with E-state index in [1.807, 2.05) is 13.8 Å². The van der Waals surface area contributed by atoms with Crippen LogP contribution in [-0.2, 0) is 19.5 Å². The van der Waals surface area contributed by atoms with Gasteiger partial charge in [-0.3, -0.25) is 0 Å². The Bertz CT molecular complexity index is 696. The molecule has 5 nitrogen and oxygen atoms in total. The average molecular weight is 364 g/mol. The molecule has 2 fully saturated rings. The zero-order valence-corrected chi connectivity index (χ0v) is 14.6. The molecule has 23 heavy (non-hydrogen) atoms. The number of nitrogens with zero attached hydrogens (tertiary/aromatic N) is 1. The molecule has 2 aliphatic heterocycles. The number of hydrogen-bond donors (Lipinski definition) is 0. The van der Waals surface area contributed by atoms with Crippen molar-refractivity contribution in [2.45, 2.75) is 36.4 Å². The highest BCUT2D eigenvalue weighted by atomic mass is 35.5. The predicted octanol–water partition coefficient (Wildman–Crippen LogP) is 2.44. The number of ether oxygens (including phenoxy) is 2. The molecule has 1 spiro atoms. The van der Waals surface area contributed by atoms with Crippen LogP contribution in [0.1, 0.15) is 20.3 Å². The Morgan fingerprint density at radius 1 is 1.26 bits per heavy atom. The van der Waals surface area contributed by atoms with Crippen LogP contribution >= 0.6 is 11.6 Å². The summed E-state index contributed by atoms with van der Waals surface area (Å²) in [6, 6.07) is 3.33. The summed E-state index contributed by atoms with van der Waals surface area (Å²) in [6.07, 6.45) is 0.631. The highest BCUT2D eigenvalue weighted by Gasteiger charge is 2.49. The molecule has 1 unspecified atom stereocenters. The number of sulfonamides is 1. The Hall–Kier alpha value is -0.730. The minimum absolute atomic E-state index is 0.0509. The minimum atomic E-state index is -3.87. The van der Waals surface area contributed by atoms with Gasteiger partial charge in [0.2, 0.25) is 10.0 Å². The largest absolute Gasteiger partial charge is 0.378 e. The summed E-state index contributed by atoms with van der Waals surface area (Å²) in [5.74, 6) is -0.678. The van der Waals surface area contributed by atoms with E-state index in [-0.39, 0.29) is 23.0 Å². The Morgan fingerprint density at radius 2 is 2.00 bits per heavy atom. The second kappa shape index (κ2) is 5.67. The van der Waals surface area contributed by atoms with E-state index in [2.05, 4.69) is 0 Å². The van der Waals surface area contributed by atoms with E-state index >= 15 is 0 Å². The van der Waals surface area contributed by atoms with Gasteiger partial charge in [0.1, 0.15) is 11.4 Å². The zero-order chi connectivity index (χ0) is 16.9.